The lowest BCUT2D eigenvalue weighted by Gasteiger charge is -2.13. The predicted molar refractivity (Wildman–Crippen MR) is 123 cm³/mol. The van der Waals surface area contributed by atoms with Crippen LogP contribution in [-0.2, 0) is 4.79 Å². The van der Waals surface area contributed by atoms with Crippen LogP contribution in [0.2, 0.25) is 0 Å². The lowest BCUT2D eigenvalue weighted by Crippen LogP contribution is -2.22. The molecule has 3 aromatic rings. The molecule has 0 aliphatic heterocycles. The molecule has 1 atom stereocenters. The van der Waals surface area contributed by atoms with Gasteiger partial charge in [-0.05, 0) is 56.3 Å². The van der Waals surface area contributed by atoms with Crippen molar-refractivity contribution in [3.05, 3.63) is 94.0 Å². The Kier molecular flexibility index (Phi) is 7.04. The molecule has 2 amide bonds. The summed E-state index contributed by atoms with van der Waals surface area (Å²) in [7, 11) is 0. The van der Waals surface area contributed by atoms with Gasteiger partial charge >= 0.3 is 0 Å². The molecule has 0 spiro atoms. The second-order valence-corrected chi connectivity index (χ2v) is 8.32. The van der Waals surface area contributed by atoms with Crippen molar-refractivity contribution in [2.75, 3.05) is 10.6 Å². The summed E-state index contributed by atoms with van der Waals surface area (Å²) in [6.45, 7) is 3.80. The van der Waals surface area contributed by atoms with Gasteiger partial charge in [0.2, 0.25) is 5.91 Å². The fourth-order valence-electron chi connectivity index (χ4n) is 2.72. The Labute approximate surface area is 184 Å². The maximum Gasteiger partial charge on any atom is 0.269 e. The van der Waals surface area contributed by atoms with Crippen LogP contribution in [0.1, 0.15) is 22.8 Å². The minimum absolute atomic E-state index is 0.0761. The highest BCUT2D eigenvalue weighted by atomic mass is 32.2. The van der Waals surface area contributed by atoms with Crippen molar-refractivity contribution >= 4 is 40.6 Å². The molecule has 0 aromatic heterocycles. The van der Waals surface area contributed by atoms with Crippen LogP contribution >= 0.6 is 11.8 Å². The van der Waals surface area contributed by atoms with Crippen LogP contribution in [-0.4, -0.2) is 22.0 Å². The van der Waals surface area contributed by atoms with Crippen molar-refractivity contribution in [1.82, 2.24) is 0 Å². The molecule has 1 unspecified atom stereocenters. The lowest BCUT2D eigenvalue weighted by molar-refractivity contribution is -0.384. The Morgan fingerprint density at radius 3 is 2.26 bits per heavy atom. The molecule has 3 aromatic carbocycles. The van der Waals surface area contributed by atoms with Crippen molar-refractivity contribution in [2.45, 2.75) is 24.0 Å². The fourth-order valence-corrected chi connectivity index (χ4v) is 3.65. The molecule has 0 aliphatic carbocycles. The zero-order valence-corrected chi connectivity index (χ0v) is 17.8. The Hall–Kier alpha value is -3.65. The summed E-state index contributed by atoms with van der Waals surface area (Å²) in [5.74, 6) is -0.489. The number of hydrogen-bond donors (Lipinski definition) is 2. The Bertz CT molecular complexity index is 1100. The quantitative estimate of drug-likeness (QED) is 0.299. The number of thioether (sulfide) groups is 1. The van der Waals surface area contributed by atoms with Gasteiger partial charge in [-0.25, -0.2) is 0 Å². The third-order valence-electron chi connectivity index (χ3n) is 4.43. The van der Waals surface area contributed by atoms with E-state index >= 15 is 0 Å². The normalized spacial score (nSPS) is 11.4. The number of non-ortho nitro benzene ring substituents is 1. The largest absolute Gasteiger partial charge is 0.325 e. The van der Waals surface area contributed by atoms with Gasteiger partial charge in [0.25, 0.3) is 11.6 Å². The number of carbonyl (C=O) groups is 2. The van der Waals surface area contributed by atoms with Crippen molar-refractivity contribution in [3.8, 4) is 0 Å². The standard InChI is InChI=1S/C23H21N3O4S/c1-15-6-10-18(11-7-15)24-22(27)16(2)31-21-5-3-4-19(14-21)25-23(28)17-8-12-20(13-9-17)26(29)30/h3-14,16H,1-2H3,(H,24,27)(H,25,28). The first kappa shape index (κ1) is 22.0. The molecular formula is C23H21N3O4S. The molecule has 0 heterocycles. The van der Waals surface area contributed by atoms with Crippen molar-refractivity contribution in [3.63, 3.8) is 0 Å². The number of nitro groups is 1. The van der Waals surface area contributed by atoms with E-state index in [0.717, 1.165) is 16.1 Å². The summed E-state index contributed by atoms with van der Waals surface area (Å²) in [6, 6.07) is 20.2. The van der Waals surface area contributed by atoms with Crippen molar-refractivity contribution in [2.24, 2.45) is 0 Å². The number of aryl methyl sites for hydroxylation is 1. The molecule has 0 aliphatic rings. The van der Waals surface area contributed by atoms with E-state index in [9.17, 15) is 19.7 Å². The fraction of sp³-hybridized carbons (Fsp3) is 0.130. The molecule has 0 fully saturated rings. The number of anilines is 2. The van der Waals surface area contributed by atoms with Gasteiger partial charge < -0.3 is 10.6 Å². The first-order valence-electron chi connectivity index (χ1n) is 9.52. The highest BCUT2D eigenvalue weighted by molar-refractivity contribution is 8.00. The molecule has 31 heavy (non-hydrogen) atoms. The highest BCUT2D eigenvalue weighted by Crippen LogP contribution is 2.27. The SMILES string of the molecule is Cc1ccc(NC(=O)C(C)Sc2cccc(NC(=O)c3ccc([N+](=O)[O-])cc3)c2)cc1. The van der Waals surface area contributed by atoms with E-state index < -0.39 is 4.92 Å². The van der Waals surface area contributed by atoms with Crippen LogP contribution in [0.15, 0.2) is 77.7 Å². The van der Waals surface area contributed by atoms with E-state index in [-0.39, 0.29) is 22.8 Å². The summed E-state index contributed by atoms with van der Waals surface area (Å²) in [6.07, 6.45) is 0. The van der Waals surface area contributed by atoms with Crippen LogP contribution < -0.4 is 10.6 Å². The first-order valence-corrected chi connectivity index (χ1v) is 10.4. The van der Waals surface area contributed by atoms with Gasteiger partial charge in [-0.2, -0.15) is 0 Å². The number of nitrogens with one attached hydrogen (secondary N) is 2. The summed E-state index contributed by atoms with van der Waals surface area (Å²) in [4.78, 5) is 35.9. The molecule has 8 heteroatoms. The molecule has 0 saturated heterocycles. The van der Waals surface area contributed by atoms with Crippen LogP contribution in [0.3, 0.4) is 0 Å². The first-order chi connectivity index (χ1) is 14.8. The van der Waals surface area contributed by atoms with E-state index in [1.54, 1.807) is 18.2 Å². The van der Waals surface area contributed by atoms with E-state index in [1.807, 2.05) is 44.2 Å². The number of hydrogen-bond acceptors (Lipinski definition) is 5. The average molecular weight is 436 g/mol. The van der Waals surface area contributed by atoms with Crippen LogP contribution in [0.4, 0.5) is 17.1 Å². The summed E-state index contributed by atoms with van der Waals surface area (Å²) in [5, 5.41) is 16.1. The van der Waals surface area contributed by atoms with E-state index in [2.05, 4.69) is 10.6 Å². The number of amides is 2. The molecule has 3 rings (SSSR count). The van der Waals surface area contributed by atoms with Gasteiger partial charge in [0.05, 0.1) is 10.2 Å². The number of carbonyl (C=O) groups excluding carboxylic acids is 2. The van der Waals surface area contributed by atoms with Crippen LogP contribution in [0.5, 0.6) is 0 Å². The number of rotatable bonds is 7. The topological polar surface area (TPSA) is 101 Å². The Balaban J connectivity index is 1.61. The molecule has 2 N–H and O–H groups in total. The molecule has 0 saturated carbocycles. The van der Waals surface area contributed by atoms with Gasteiger partial charge in [-0.1, -0.05) is 23.8 Å². The van der Waals surface area contributed by atoms with Crippen LogP contribution in [0.25, 0.3) is 0 Å². The summed E-state index contributed by atoms with van der Waals surface area (Å²) >= 11 is 1.38. The minimum atomic E-state index is -0.515. The van der Waals surface area contributed by atoms with E-state index in [1.165, 1.54) is 36.0 Å². The monoisotopic (exact) mass is 435 g/mol. The zero-order chi connectivity index (χ0) is 22.4. The van der Waals surface area contributed by atoms with Gasteiger partial charge in [0, 0.05) is 34.0 Å². The van der Waals surface area contributed by atoms with E-state index in [4.69, 9.17) is 0 Å². The lowest BCUT2D eigenvalue weighted by atomic mass is 10.2. The van der Waals surface area contributed by atoms with Gasteiger partial charge in [-0.3, -0.25) is 19.7 Å². The smallest absolute Gasteiger partial charge is 0.269 e. The van der Waals surface area contributed by atoms with Gasteiger partial charge in [-0.15, -0.1) is 11.8 Å². The number of nitrogens with zero attached hydrogens (tertiary/aromatic N) is 1. The van der Waals surface area contributed by atoms with Crippen molar-refractivity contribution < 1.29 is 14.5 Å². The predicted octanol–water partition coefficient (Wildman–Crippen LogP) is 5.27. The Morgan fingerprint density at radius 1 is 0.935 bits per heavy atom. The van der Waals surface area contributed by atoms with Gasteiger partial charge in [0.15, 0.2) is 0 Å². The second-order valence-electron chi connectivity index (χ2n) is 6.90. The third kappa shape index (κ3) is 6.16. The number of nitro benzene ring substituents is 1. The molecular weight excluding hydrogens is 414 g/mol. The molecule has 0 bridgehead atoms. The van der Waals surface area contributed by atoms with Gasteiger partial charge in [0.1, 0.15) is 0 Å². The van der Waals surface area contributed by atoms with Crippen LogP contribution in [0, 0.1) is 17.0 Å². The maximum atomic E-state index is 12.5. The molecule has 7 nitrogen and oxygen atoms in total. The highest BCUT2D eigenvalue weighted by Gasteiger charge is 2.15. The second kappa shape index (κ2) is 9.90. The zero-order valence-electron chi connectivity index (χ0n) is 17.0. The summed E-state index contributed by atoms with van der Waals surface area (Å²) in [5.41, 5.74) is 2.67. The Morgan fingerprint density at radius 2 is 1.61 bits per heavy atom. The summed E-state index contributed by atoms with van der Waals surface area (Å²) < 4.78 is 0. The third-order valence-corrected chi connectivity index (χ3v) is 5.53. The maximum absolute atomic E-state index is 12.5. The van der Waals surface area contributed by atoms with Crippen molar-refractivity contribution in [1.29, 1.82) is 0 Å². The average Bonchev–Trinajstić information content (AvgIpc) is 2.75. The minimum Gasteiger partial charge on any atom is -0.325 e. The number of benzene rings is 3. The molecule has 0 radical (unpaired) electrons. The van der Waals surface area contributed by atoms with E-state index in [0.29, 0.717) is 11.3 Å². The molecule has 158 valence electrons.